The minimum absolute atomic E-state index is 0.363. The molecule has 1 unspecified atom stereocenters. The van der Waals surface area contributed by atoms with Crippen LogP contribution in [0.15, 0.2) is 22.7 Å². The molecule has 0 radical (unpaired) electrons. The van der Waals surface area contributed by atoms with Gasteiger partial charge in [0.2, 0.25) is 0 Å². The number of benzene rings is 1. The zero-order valence-corrected chi connectivity index (χ0v) is 13.5. The largest absolute Gasteiger partial charge is 0.479 e. The lowest BCUT2D eigenvalue weighted by Crippen LogP contribution is -2.51. The molecule has 1 aliphatic rings. The number of hydrogen-bond acceptors (Lipinski definition) is 3. The molecule has 1 atom stereocenters. The van der Waals surface area contributed by atoms with Crippen LogP contribution in [0.5, 0.6) is 0 Å². The molecule has 0 saturated carbocycles. The molecule has 21 heavy (non-hydrogen) atoms. The molecule has 1 saturated heterocycles. The van der Waals surface area contributed by atoms with E-state index in [0.717, 1.165) is 17.3 Å². The van der Waals surface area contributed by atoms with Gasteiger partial charge in [0, 0.05) is 11.0 Å². The van der Waals surface area contributed by atoms with Crippen molar-refractivity contribution in [2.45, 2.75) is 38.1 Å². The number of nitrogens with zero attached hydrogens (tertiary/aromatic N) is 1. The smallest absolute Gasteiger partial charge is 0.329 e. The normalized spacial score (nSPS) is 21.5. The lowest BCUT2D eigenvalue weighted by atomic mass is 9.90. The number of carbonyl (C=O) groups excluding carboxylic acids is 1. The van der Waals surface area contributed by atoms with Gasteiger partial charge in [-0.2, -0.15) is 0 Å². The number of amides is 1. The fourth-order valence-electron chi connectivity index (χ4n) is 3.17. The van der Waals surface area contributed by atoms with Crippen molar-refractivity contribution in [2.75, 3.05) is 11.4 Å². The molecule has 1 amide bonds. The van der Waals surface area contributed by atoms with Crippen LogP contribution in [0.1, 0.15) is 43.0 Å². The Hall–Kier alpha value is -1.56. The highest BCUT2D eigenvalue weighted by Crippen LogP contribution is 2.40. The number of carboxylic acids is 1. The van der Waals surface area contributed by atoms with Crippen molar-refractivity contribution in [2.24, 2.45) is 5.73 Å². The second-order valence-electron chi connectivity index (χ2n) is 5.37. The lowest BCUT2D eigenvalue weighted by molar-refractivity contribution is -0.143. The lowest BCUT2D eigenvalue weighted by Gasteiger charge is -2.37. The minimum atomic E-state index is -0.945. The van der Waals surface area contributed by atoms with Crippen molar-refractivity contribution in [3.05, 3.63) is 28.2 Å². The van der Waals surface area contributed by atoms with Crippen molar-refractivity contribution in [3.8, 4) is 0 Å². The first-order valence-corrected chi connectivity index (χ1v) is 7.82. The van der Waals surface area contributed by atoms with Gasteiger partial charge in [-0.05, 0) is 37.5 Å². The molecular weight excluding hydrogens is 336 g/mol. The van der Waals surface area contributed by atoms with E-state index in [2.05, 4.69) is 15.9 Å². The average Bonchev–Trinajstić information content (AvgIpc) is 2.83. The molecule has 0 aliphatic carbocycles. The van der Waals surface area contributed by atoms with E-state index in [0.29, 0.717) is 30.6 Å². The number of halogens is 1. The highest BCUT2D eigenvalue weighted by atomic mass is 79.9. The number of aliphatic carboxylic acids is 1. The highest BCUT2D eigenvalue weighted by Gasteiger charge is 2.47. The molecule has 1 aromatic rings. The Morgan fingerprint density at radius 2 is 2.19 bits per heavy atom. The zero-order valence-electron chi connectivity index (χ0n) is 11.9. The number of hydrogen-bond donors (Lipinski definition) is 2. The fraction of sp³-hybridized carbons (Fsp3) is 0.467. The molecule has 2 rings (SSSR count). The van der Waals surface area contributed by atoms with Gasteiger partial charge in [-0.25, -0.2) is 4.79 Å². The van der Waals surface area contributed by atoms with Crippen LogP contribution in [0.3, 0.4) is 0 Å². The van der Waals surface area contributed by atoms with Crippen molar-refractivity contribution in [1.29, 1.82) is 0 Å². The van der Waals surface area contributed by atoms with E-state index in [1.165, 1.54) is 0 Å². The first-order chi connectivity index (χ1) is 9.92. The van der Waals surface area contributed by atoms with Gasteiger partial charge in [0.25, 0.3) is 5.91 Å². The van der Waals surface area contributed by atoms with Crippen LogP contribution in [-0.4, -0.2) is 29.1 Å². The van der Waals surface area contributed by atoms with E-state index >= 15 is 0 Å². The predicted molar refractivity (Wildman–Crippen MR) is 84.5 cm³/mol. The number of nitrogens with two attached hydrogens (primary N) is 1. The third kappa shape index (κ3) is 2.77. The summed E-state index contributed by atoms with van der Waals surface area (Å²) >= 11 is 3.38. The Morgan fingerprint density at radius 3 is 2.76 bits per heavy atom. The molecule has 0 spiro atoms. The van der Waals surface area contributed by atoms with Gasteiger partial charge in [0.15, 0.2) is 0 Å². The third-order valence-electron chi connectivity index (χ3n) is 4.07. The quantitative estimate of drug-likeness (QED) is 0.851. The number of carbonyl (C=O) groups is 2. The molecule has 1 aliphatic heterocycles. The number of carboxylic acid groups (broad SMARTS) is 1. The van der Waals surface area contributed by atoms with E-state index in [-0.39, 0.29) is 0 Å². The first kappa shape index (κ1) is 15.8. The van der Waals surface area contributed by atoms with E-state index in [1.807, 2.05) is 11.8 Å². The van der Waals surface area contributed by atoms with E-state index in [9.17, 15) is 14.7 Å². The summed E-state index contributed by atoms with van der Waals surface area (Å²) in [5.41, 5.74) is 5.46. The van der Waals surface area contributed by atoms with E-state index < -0.39 is 17.4 Å². The molecule has 0 bridgehead atoms. The second kappa shape index (κ2) is 6.05. The van der Waals surface area contributed by atoms with Gasteiger partial charge in [-0.3, -0.25) is 4.79 Å². The molecular formula is C15H19BrN2O3. The van der Waals surface area contributed by atoms with Gasteiger partial charge in [0.05, 0.1) is 11.3 Å². The van der Waals surface area contributed by atoms with Crippen molar-refractivity contribution >= 4 is 33.5 Å². The molecule has 1 aromatic carbocycles. The van der Waals surface area contributed by atoms with Crippen LogP contribution < -0.4 is 10.6 Å². The van der Waals surface area contributed by atoms with Gasteiger partial charge in [-0.15, -0.1) is 0 Å². The summed E-state index contributed by atoms with van der Waals surface area (Å²) < 4.78 is 0.796. The average molecular weight is 355 g/mol. The predicted octanol–water partition coefficient (Wildman–Crippen LogP) is 2.77. The summed E-state index contributed by atoms with van der Waals surface area (Å²) in [5, 5.41) is 9.76. The minimum Gasteiger partial charge on any atom is -0.479 e. The van der Waals surface area contributed by atoms with Crippen molar-refractivity contribution in [1.82, 2.24) is 0 Å². The summed E-state index contributed by atoms with van der Waals surface area (Å²) in [7, 11) is 0. The summed E-state index contributed by atoms with van der Waals surface area (Å²) in [5.74, 6) is -1.38. The Kier molecular flexibility index (Phi) is 4.56. The fourth-order valence-corrected chi connectivity index (χ4v) is 3.52. The Morgan fingerprint density at radius 1 is 1.48 bits per heavy atom. The highest BCUT2D eigenvalue weighted by molar-refractivity contribution is 9.10. The SMILES string of the molecule is CCCC1(C(=O)O)CCCN1c1cc(Br)ccc1C(N)=O. The van der Waals surface area contributed by atoms with Crippen LogP contribution >= 0.6 is 15.9 Å². The summed E-state index contributed by atoms with van der Waals surface area (Å²) in [6.45, 7) is 2.58. The van der Waals surface area contributed by atoms with Crippen molar-refractivity contribution in [3.63, 3.8) is 0 Å². The Bertz CT molecular complexity index is 576. The van der Waals surface area contributed by atoms with Crippen molar-refractivity contribution < 1.29 is 14.7 Å². The third-order valence-corrected chi connectivity index (χ3v) is 4.56. The molecule has 3 N–H and O–H groups in total. The molecule has 1 fully saturated rings. The second-order valence-corrected chi connectivity index (χ2v) is 6.28. The number of rotatable bonds is 5. The number of anilines is 1. The molecule has 114 valence electrons. The van der Waals surface area contributed by atoms with Crippen LogP contribution in [-0.2, 0) is 4.79 Å². The van der Waals surface area contributed by atoms with Crippen LogP contribution in [0.25, 0.3) is 0 Å². The van der Waals surface area contributed by atoms with Crippen LogP contribution in [0, 0.1) is 0 Å². The van der Waals surface area contributed by atoms with Crippen LogP contribution in [0.4, 0.5) is 5.69 Å². The summed E-state index contributed by atoms with van der Waals surface area (Å²) in [6.07, 6.45) is 2.69. The molecule has 5 nitrogen and oxygen atoms in total. The van der Waals surface area contributed by atoms with E-state index in [1.54, 1.807) is 18.2 Å². The Labute approximate surface area is 132 Å². The molecule has 6 heteroatoms. The monoisotopic (exact) mass is 354 g/mol. The van der Waals surface area contributed by atoms with Gasteiger partial charge in [-0.1, -0.05) is 29.3 Å². The topological polar surface area (TPSA) is 83.6 Å². The van der Waals surface area contributed by atoms with E-state index in [4.69, 9.17) is 5.73 Å². The van der Waals surface area contributed by atoms with Gasteiger partial charge < -0.3 is 15.7 Å². The van der Waals surface area contributed by atoms with Crippen LogP contribution in [0.2, 0.25) is 0 Å². The zero-order chi connectivity index (χ0) is 15.6. The maximum atomic E-state index is 11.9. The maximum Gasteiger partial charge on any atom is 0.329 e. The Balaban J connectivity index is 2.56. The standard InChI is InChI=1S/C15H19BrN2O3/c1-2-6-15(14(20)21)7-3-8-18(15)12-9-10(16)4-5-11(12)13(17)19/h4-5,9H,2-3,6-8H2,1H3,(H2,17,19)(H,20,21). The van der Waals surface area contributed by atoms with Gasteiger partial charge >= 0.3 is 5.97 Å². The maximum absolute atomic E-state index is 11.9. The summed E-state index contributed by atoms with van der Waals surface area (Å²) in [6, 6.07) is 5.15. The summed E-state index contributed by atoms with van der Waals surface area (Å²) in [4.78, 5) is 25.4. The molecule has 0 aromatic heterocycles. The molecule has 1 heterocycles. The first-order valence-electron chi connectivity index (χ1n) is 7.03. The number of primary amides is 1. The van der Waals surface area contributed by atoms with Gasteiger partial charge in [0.1, 0.15) is 5.54 Å².